The molecule has 0 saturated carbocycles. The Morgan fingerprint density at radius 1 is 1.43 bits per heavy atom. The molecule has 3 nitrogen and oxygen atoms in total. The molecule has 1 aliphatic rings. The van der Waals surface area contributed by atoms with E-state index in [1.54, 1.807) is 9.80 Å². The molecule has 0 N–H and O–H groups in total. The first-order valence-electron chi connectivity index (χ1n) is 6.64. The number of nitrogens with zero attached hydrogens (tertiary/aromatic N) is 2. The SMILES string of the molecule is C=C1c2c(C)csc2N(CCSC(C)(F)F)C(=O)N1CC. The van der Waals surface area contributed by atoms with Crippen LogP contribution < -0.4 is 4.90 Å². The van der Waals surface area contributed by atoms with Gasteiger partial charge in [0.2, 0.25) is 0 Å². The van der Waals surface area contributed by atoms with Crippen LogP contribution in [0.4, 0.5) is 18.6 Å². The van der Waals surface area contributed by atoms with Gasteiger partial charge in [-0.25, -0.2) is 4.79 Å². The second kappa shape index (κ2) is 5.96. The average Bonchev–Trinajstić information content (AvgIpc) is 2.75. The minimum absolute atomic E-state index is 0.183. The number of carbonyl (C=O) groups is 1. The molecular formula is C14H18F2N2OS2. The van der Waals surface area contributed by atoms with E-state index in [9.17, 15) is 13.6 Å². The number of alkyl halides is 2. The molecule has 0 radical (unpaired) electrons. The van der Waals surface area contributed by atoms with Gasteiger partial charge in [0.15, 0.2) is 0 Å². The highest BCUT2D eigenvalue weighted by Crippen LogP contribution is 2.42. The lowest BCUT2D eigenvalue weighted by Crippen LogP contribution is -2.46. The largest absolute Gasteiger partial charge is 0.329 e. The number of hydrogen-bond donors (Lipinski definition) is 0. The summed E-state index contributed by atoms with van der Waals surface area (Å²) >= 11 is 2.02. The molecule has 116 valence electrons. The van der Waals surface area contributed by atoms with Gasteiger partial charge in [-0.3, -0.25) is 9.80 Å². The van der Waals surface area contributed by atoms with Gasteiger partial charge in [0, 0.05) is 37.0 Å². The molecule has 0 fully saturated rings. The Hall–Kier alpha value is -1.08. The normalized spacial score (nSPS) is 15.7. The summed E-state index contributed by atoms with van der Waals surface area (Å²) in [6.45, 7) is 9.51. The van der Waals surface area contributed by atoms with Crippen molar-refractivity contribution in [2.45, 2.75) is 26.0 Å². The van der Waals surface area contributed by atoms with Gasteiger partial charge in [-0.1, -0.05) is 18.3 Å². The molecule has 1 aromatic rings. The van der Waals surface area contributed by atoms with Crippen LogP contribution in [-0.4, -0.2) is 35.0 Å². The maximum Gasteiger partial charge on any atom is 0.329 e. The molecule has 0 spiro atoms. The maximum atomic E-state index is 12.9. The summed E-state index contributed by atoms with van der Waals surface area (Å²) in [7, 11) is 0. The van der Waals surface area contributed by atoms with E-state index in [-0.39, 0.29) is 18.3 Å². The summed E-state index contributed by atoms with van der Waals surface area (Å²) in [5.41, 5.74) is 2.71. The first-order chi connectivity index (χ1) is 9.76. The lowest BCUT2D eigenvalue weighted by atomic mass is 10.1. The Labute approximate surface area is 131 Å². The predicted molar refractivity (Wildman–Crippen MR) is 86.3 cm³/mol. The summed E-state index contributed by atoms with van der Waals surface area (Å²) in [6, 6.07) is -0.183. The van der Waals surface area contributed by atoms with Crippen molar-refractivity contribution in [3.8, 4) is 0 Å². The van der Waals surface area contributed by atoms with Crippen molar-refractivity contribution in [3.63, 3.8) is 0 Å². The van der Waals surface area contributed by atoms with Crippen molar-refractivity contribution in [2.75, 3.05) is 23.7 Å². The van der Waals surface area contributed by atoms with E-state index in [2.05, 4.69) is 6.58 Å². The summed E-state index contributed by atoms with van der Waals surface area (Å²) in [4.78, 5) is 15.7. The number of thiophene rings is 1. The molecule has 2 heterocycles. The highest BCUT2D eigenvalue weighted by molar-refractivity contribution is 8.00. The van der Waals surface area contributed by atoms with Gasteiger partial charge in [-0.15, -0.1) is 11.3 Å². The van der Waals surface area contributed by atoms with Crippen molar-refractivity contribution in [1.29, 1.82) is 0 Å². The molecule has 21 heavy (non-hydrogen) atoms. The minimum Gasteiger partial charge on any atom is -0.294 e. The van der Waals surface area contributed by atoms with Crippen molar-refractivity contribution < 1.29 is 13.6 Å². The minimum atomic E-state index is -2.78. The summed E-state index contributed by atoms with van der Waals surface area (Å²) < 4.78 is 25.8. The fraction of sp³-hybridized carbons (Fsp3) is 0.500. The Kier molecular flexibility index (Phi) is 4.63. The third kappa shape index (κ3) is 3.23. The molecule has 0 saturated heterocycles. The quantitative estimate of drug-likeness (QED) is 0.784. The predicted octanol–water partition coefficient (Wildman–Crippen LogP) is 4.64. The number of anilines is 1. The van der Waals surface area contributed by atoms with Crippen LogP contribution in [0, 0.1) is 6.92 Å². The molecule has 0 atom stereocenters. The van der Waals surface area contributed by atoms with E-state index in [0.29, 0.717) is 24.0 Å². The first kappa shape index (κ1) is 16.3. The third-order valence-electron chi connectivity index (χ3n) is 3.26. The lowest BCUT2D eigenvalue weighted by molar-refractivity contribution is 0.129. The second-order valence-electron chi connectivity index (χ2n) is 4.88. The molecule has 0 unspecified atom stereocenters. The zero-order valence-electron chi connectivity index (χ0n) is 12.3. The Balaban J connectivity index is 2.25. The molecule has 0 aromatic carbocycles. The molecule has 2 amide bonds. The first-order valence-corrected chi connectivity index (χ1v) is 8.51. The van der Waals surface area contributed by atoms with Crippen LogP contribution in [0.2, 0.25) is 0 Å². The van der Waals surface area contributed by atoms with Crippen LogP contribution in [0.25, 0.3) is 5.70 Å². The molecule has 0 bridgehead atoms. The van der Waals surface area contributed by atoms with E-state index in [0.717, 1.165) is 23.1 Å². The average molecular weight is 332 g/mol. The molecule has 1 aromatic heterocycles. The number of halogens is 2. The van der Waals surface area contributed by atoms with Gasteiger partial charge in [-0.05, 0) is 24.8 Å². The van der Waals surface area contributed by atoms with Crippen LogP contribution >= 0.6 is 23.1 Å². The Morgan fingerprint density at radius 3 is 2.67 bits per heavy atom. The molecule has 2 rings (SSSR count). The highest BCUT2D eigenvalue weighted by atomic mass is 32.2. The zero-order valence-corrected chi connectivity index (χ0v) is 13.9. The Bertz CT molecular complexity index is 566. The second-order valence-corrected chi connectivity index (χ2v) is 7.15. The van der Waals surface area contributed by atoms with Crippen molar-refractivity contribution >= 4 is 39.8 Å². The smallest absolute Gasteiger partial charge is 0.294 e. The molecular weight excluding hydrogens is 314 g/mol. The van der Waals surface area contributed by atoms with E-state index in [4.69, 9.17) is 0 Å². The van der Waals surface area contributed by atoms with E-state index in [1.165, 1.54) is 11.3 Å². The molecule has 7 heteroatoms. The number of carbonyl (C=O) groups excluding carboxylic acids is 1. The topological polar surface area (TPSA) is 23.6 Å². The fourth-order valence-corrected chi connectivity index (χ4v) is 4.03. The number of hydrogen-bond acceptors (Lipinski definition) is 3. The van der Waals surface area contributed by atoms with E-state index in [1.807, 2.05) is 19.2 Å². The highest BCUT2D eigenvalue weighted by Gasteiger charge is 2.34. The number of rotatable bonds is 5. The summed E-state index contributed by atoms with van der Waals surface area (Å²) in [6.07, 6.45) is 0. The number of thioether (sulfide) groups is 1. The van der Waals surface area contributed by atoms with Crippen LogP contribution in [0.5, 0.6) is 0 Å². The molecule has 1 aliphatic heterocycles. The van der Waals surface area contributed by atoms with Crippen LogP contribution in [0.15, 0.2) is 12.0 Å². The maximum absolute atomic E-state index is 12.9. The Morgan fingerprint density at radius 2 is 2.10 bits per heavy atom. The molecule has 0 aliphatic carbocycles. The van der Waals surface area contributed by atoms with Gasteiger partial charge in [0.25, 0.3) is 5.25 Å². The van der Waals surface area contributed by atoms with Gasteiger partial charge in [-0.2, -0.15) is 8.78 Å². The standard InChI is InChI=1S/C14H18F2N2OS2/c1-5-17-10(3)11-9(2)8-20-12(11)18(13(17)19)6-7-21-14(4,15)16/h8H,3,5-7H2,1-2,4H3. The summed E-state index contributed by atoms with van der Waals surface area (Å²) in [5.74, 6) is 0.190. The number of fused-ring (bicyclic) bond motifs is 1. The monoisotopic (exact) mass is 332 g/mol. The van der Waals surface area contributed by atoms with Gasteiger partial charge >= 0.3 is 6.03 Å². The summed E-state index contributed by atoms with van der Waals surface area (Å²) in [5, 5.41) is 0.00463. The van der Waals surface area contributed by atoms with Crippen LogP contribution in [0.3, 0.4) is 0 Å². The fourth-order valence-electron chi connectivity index (χ4n) is 2.30. The van der Waals surface area contributed by atoms with Gasteiger partial charge in [0.05, 0.1) is 0 Å². The lowest BCUT2D eigenvalue weighted by Gasteiger charge is -2.36. The van der Waals surface area contributed by atoms with Crippen molar-refractivity contribution in [3.05, 3.63) is 23.1 Å². The zero-order chi connectivity index (χ0) is 15.8. The van der Waals surface area contributed by atoms with Crippen molar-refractivity contribution in [2.24, 2.45) is 0 Å². The number of urea groups is 1. The van der Waals surface area contributed by atoms with Crippen LogP contribution in [0.1, 0.15) is 25.0 Å². The number of amides is 2. The number of aryl methyl sites for hydroxylation is 1. The van der Waals surface area contributed by atoms with E-state index >= 15 is 0 Å². The van der Waals surface area contributed by atoms with E-state index < -0.39 is 5.25 Å². The third-order valence-corrected chi connectivity index (χ3v) is 5.28. The van der Waals surface area contributed by atoms with Crippen LogP contribution in [-0.2, 0) is 0 Å². The van der Waals surface area contributed by atoms with Gasteiger partial charge in [0.1, 0.15) is 5.00 Å². The van der Waals surface area contributed by atoms with Crippen molar-refractivity contribution in [1.82, 2.24) is 4.90 Å². The van der Waals surface area contributed by atoms with Gasteiger partial charge < -0.3 is 0 Å².